The minimum absolute atomic E-state index is 0.126. The second-order valence-electron chi connectivity index (χ2n) is 5.73. The van der Waals surface area contributed by atoms with Crippen LogP contribution in [-0.4, -0.2) is 32.9 Å². The average molecular weight is 317 g/mol. The van der Waals surface area contributed by atoms with Gasteiger partial charge in [0.1, 0.15) is 6.04 Å². The summed E-state index contributed by atoms with van der Waals surface area (Å²) in [6.07, 6.45) is 3.81. The Hall–Kier alpha value is -2.90. The molecule has 120 valence electrons. The third kappa shape index (κ3) is 3.15. The van der Waals surface area contributed by atoms with Gasteiger partial charge in [-0.2, -0.15) is 0 Å². The van der Waals surface area contributed by atoms with Crippen LogP contribution in [0.5, 0.6) is 0 Å². The number of nitrogens with one attached hydrogen (secondary N) is 2. The molecule has 0 bridgehead atoms. The molecule has 1 saturated carbocycles. The number of amides is 1. The van der Waals surface area contributed by atoms with Crippen LogP contribution in [0.2, 0.25) is 0 Å². The zero-order valence-corrected chi connectivity index (χ0v) is 12.1. The van der Waals surface area contributed by atoms with Crippen molar-refractivity contribution >= 4 is 28.5 Å². The van der Waals surface area contributed by atoms with Gasteiger partial charge in [-0.1, -0.05) is 12.8 Å². The zero-order valence-electron chi connectivity index (χ0n) is 12.1. The van der Waals surface area contributed by atoms with E-state index < -0.39 is 22.8 Å². The van der Waals surface area contributed by atoms with E-state index in [4.69, 9.17) is 0 Å². The molecule has 8 heteroatoms. The van der Waals surface area contributed by atoms with E-state index in [1.54, 1.807) is 0 Å². The lowest BCUT2D eigenvalue weighted by atomic mass is 10.1. The first-order valence-corrected chi connectivity index (χ1v) is 7.25. The summed E-state index contributed by atoms with van der Waals surface area (Å²) in [6, 6.07) is 3.22. The van der Waals surface area contributed by atoms with Crippen LogP contribution < -0.4 is 5.32 Å². The quantitative estimate of drug-likeness (QED) is 0.555. The summed E-state index contributed by atoms with van der Waals surface area (Å²) < 4.78 is 0. The van der Waals surface area contributed by atoms with Gasteiger partial charge in [0.2, 0.25) is 0 Å². The number of H-pyrrole nitrogens is 1. The first-order chi connectivity index (χ1) is 11.0. The minimum atomic E-state index is -1.07. The van der Waals surface area contributed by atoms with Gasteiger partial charge < -0.3 is 15.4 Å². The normalized spacial score (nSPS) is 15.3. The fourth-order valence-corrected chi connectivity index (χ4v) is 2.55. The molecule has 1 atom stereocenters. The van der Waals surface area contributed by atoms with Crippen molar-refractivity contribution < 1.29 is 19.6 Å². The number of aromatic amines is 1. The number of aliphatic carboxylic acids is 1. The smallest absolute Gasteiger partial charge is 0.326 e. The summed E-state index contributed by atoms with van der Waals surface area (Å²) in [7, 11) is 0. The van der Waals surface area contributed by atoms with Crippen LogP contribution in [-0.2, 0) is 4.79 Å². The standard InChI is InChI=1S/C15H15N3O5/c19-14(17-13(15(20)21)5-8-1-2-8)11-7-16-12-4-3-9(18(22)23)6-10(11)12/h3-4,6-8,13,16H,1-2,5H2,(H,17,19)(H,20,21). The second-order valence-corrected chi connectivity index (χ2v) is 5.73. The molecule has 8 nitrogen and oxygen atoms in total. The first-order valence-electron chi connectivity index (χ1n) is 7.25. The largest absolute Gasteiger partial charge is 0.480 e. The van der Waals surface area contributed by atoms with Crippen LogP contribution in [0.3, 0.4) is 0 Å². The third-order valence-corrected chi connectivity index (χ3v) is 3.99. The maximum Gasteiger partial charge on any atom is 0.326 e. The van der Waals surface area contributed by atoms with Crippen LogP contribution in [0.4, 0.5) is 5.69 Å². The Balaban J connectivity index is 1.85. The Morgan fingerprint density at radius 2 is 2.17 bits per heavy atom. The summed E-state index contributed by atoms with van der Waals surface area (Å²) in [5, 5.41) is 23.0. The molecule has 3 rings (SSSR count). The second kappa shape index (κ2) is 5.71. The van der Waals surface area contributed by atoms with Gasteiger partial charge in [-0.3, -0.25) is 14.9 Å². The average Bonchev–Trinajstić information content (AvgIpc) is 3.22. The van der Waals surface area contributed by atoms with Crippen molar-refractivity contribution in [3.63, 3.8) is 0 Å². The molecule has 1 aliphatic carbocycles. The minimum Gasteiger partial charge on any atom is -0.480 e. The maximum absolute atomic E-state index is 12.4. The van der Waals surface area contributed by atoms with Gasteiger partial charge in [0.15, 0.2) is 0 Å². The van der Waals surface area contributed by atoms with Crippen LogP contribution in [0.15, 0.2) is 24.4 Å². The summed E-state index contributed by atoms with van der Waals surface area (Å²) in [5.74, 6) is -1.28. The predicted molar refractivity (Wildman–Crippen MR) is 81.2 cm³/mol. The number of nitro benzene ring substituents is 1. The number of nitrogens with zero attached hydrogens (tertiary/aromatic N) is 1. The molecule has 1 aromatic carbocycles. The molecule has 2 aromatic rings. The molecular weight excluding hydrogens is 302 g/mol. The number of nitro groups is 1. The van der Waals surface area contributed by atoms with Crippen molar-refractivity contribution in [2.75, 3.05) is 0 Å². The van der Waals surface area contributed by atoms with E-state index in [0.29, 0.717) is 23.2 Å². The Labute approximate surface area is 130 Å². The molecule has 0 aliphatic heterocycles. The zero-order chi connectivity index (χ0) is 16.6. The lowest BCUT2D eigenvalue weighted by Crippen LogP contribution is -2.41. The molecule has 0 saturated heterocycles. The van der Waals surface area contributed by atoms with Crippen molar-refractivity contribution in [1.29, 1.82) is 0 Å². The fourth-order valence-electron chi connectivity index (χ4n) is 2.55. The Morgan fingerprint density at radius 3 is 2.78 bits per heavy atom. The summed E-state index contributed by atoms with van der Waals surface area (Å²) in [4.78, 5) is 36.8. The van der Waals surface area contributed by atoms with Gasteiger partial charge in [-0.05, 0) is 18.4 Å². The van der Waals surface area contributed by atoms with Gasteiger partial charge in [0.05, 0.1) is 10.5 Å². The topological polar surface area (TPSA) is 125 Å². The van der Waals surface area contributed by atoms with E-state index in [9.17, 15) is 24.8 Å². The molecule has 1 unspecified atom stereocenters. The van der Waals surface area contributed by atoms with E-state index in [-0.39, 0.29) is 11.3 Å². The van der Waals surface area contributed by atoms with Gasteiger partial charge in [0, 0.05) is 29.2 Å². The van der Waals surface area contributed by atoms with Crippen LogP contribution in [0.1, 0.15) is 29.6 Å². The van der Waals surface area contributed by atoms with Crippen LogP contribution >= 0.6 is 0 Å². The van der Waals surface area contributed by atoms with Crippen LogP contribution in [0.25, 0.3) is 10.9 Å². The van der Waals surface area contributed by atoms with Gasteiger partial charge in [-0.25, -0.2) is 4.79 Å². The number of benzene rings is 1. The van der Waals surface area contributed by atoms with E-state index in [1.165, 1.54) is 24.4 Å². The van der Waals surface area contributed by atoms with Gasteiger partial charge in [-0.15, -0.1) is 0 Å². The van der Waals surface area contributed by atoms with Crippen molar-refractivity contribution in [3.8, 4) is 0 Å². The third-order valence-electron chi connectivity index (χ3n) is 3.99. The molecule has 1 heterocycles. The fraction of sp³-hybridized carbons (Fsp3) is 0.333. The number of carboxylic acid groups (broad SMARTS) is 1. The molecule has 23 heavy (non-hydrogen) atoms. The maximum atomic E-state index is 12.4. The SMILES string of the molecule is O=C(NC(CC1CC1)C(=O)O)c1c[nH]c2ccc([N+](=O)[O-])cc12. The number of carbonyl (C=O) groups is 2. The van der Waals surface area contributed by atoms with Crippen molar-refractivity contribution in [2.24, 2.45) is 5.92 Å². The lowest BCUT2D eigenvalue weighted by molar-refractivity contribution is -0.384. The predicted octanol–water partition coefficient (Wildman–Crippen LogP) is 2.06. The number of rotatable bonds is 6. The number of carbonyl (C=O) groups excluding carboxylic acids is 1. The highest BCUT2D eigenvalue weighted by Crippen LogP contribution is 2.33. The highest BCUT2D eigenvalue weighted by molar-refractivity contribution is 6.08. The highest BCUT2D eigenvalue weighted by atomic mass is 16.6. The molecule has 0 spiro atoms. The Kier molecular flexibility index (Phi) is 3.73. The molecular formula is C15H15N3O5. The van der Waals surface area contributed by atoms with Gasteiger partial charge >= 0.3 is 5.97 Å². The van der Waals surface area contributed by atoms with Crippen molar-refractivity contribution in [2.45, 2.75) is 25.3 Å². The summed E-state index contributed by atoms with van der Waals surface area (Å²) in [6.45, 7) is 0. The van der Waals surface area contributed by atoms with E-state index in [2.05, 4.69) is 10.3 Å². The number of aromatic nitrogens is 1. The highest BCUT2D eigenvalue weighted by Gasteiger charge is 2.30. The van der Waals surface area contributed by atoms with E-state index >= 15 is 0 Å². The summed E-state index contributed by atoms with van der Waals surface area (Å²) >= 11 is 0. The number of fused-ring (bicyclic) bond motifs is 1. The monoisotopic (exact) mass is 317 g/mol. The molecule has 1 amide bonds. The molecule has 1 aromatic heterocycles. The number of carboxylic acids is 1. The van der Waals surface area contributed by atoms with Crippen LogP contribution in [0, 0.1) is 16.0 Å². The first kappa shape index (κ1) is 15.0. The Morgan fingerprint density at radius 1 is 1.43 bits per heavy atom. The Bertz CT molecular complexity index is 794. The summed E-state index contributed by atoms with van der Waals surface area (Å²) in [5.41, 5.74) is 0.652. The molecule has 0 radical (unpaired) electrons. The lowest BCUT2D eigenvalue weighted by Gasteiger charge is -2.13. The van der Waals surface area contributed by atoms with E-state index in [0.717, 1.165) is 12.8 Å². The number of hydrogen-bond acceptors (Lipinski definition) is 4. The molecule has 1 fully saturated rings. The van der Waals surface area contributed by atoms with E-state index in [1.807, 2.05) is 0 Å². The molecule has 3 N–H and O–H groups in total. The number of hydrogen-bond donors (Lipinski definition) is 3. The molecule has 1 aliphatic rings. The van der Waals surface area contributed by atoms with Crippen molar-refractivity contribution in [1.82, 2.24) is 10.3 Å². The van der Waals surface area contributed by atoms with Crippen molar-refractivity contribution in [3.05, 3.63) is 40.1 Å². The number of non-ortho nitro benzene ring substituents is 1. The van der Waals surface area contributed by atoms with Gasteiger partial charge in [0.25, 0.3) is 11.6 Å².